The molecule has 0 bridgehead atoms. The summed E-state index contributed by atoms with van der Waals surface area (Å²) in [5.74, 6) is 0. The van der Waals surface area contributed by atoms with Gasteiger partial charge in [0, 0.05) is 20.9 Å². The summed E-state index contributed by atoms with van der Waals surface area (Å²) in [5.41, 5.74) is 11.1. The maximum atomic E-state index is 3.53. The predicted molar refractivity (Wildman–Crippen MR) is 183 cm³/mol. The van der Waals surface area contributed by atoms with Gasteiger partial charge in [-0.1, -0.05) is 127 Å². The normalized spacial score (nSPS) is 12.3. The van der Waals surface area contributed by atoms with Gasteiger partial charge < -0.3 is 4.57 Å². The Morgan fingerprint density at radius 1 is 0.537 bits per heavy atom. The van der Waals surface area contributed by atoms with Crippen LogP contribution in [0.25, 0.3) is 51.8 Å². The van der Waals surface area contributed by atoms with E-state index in [2.05, 4.69) is 182 Å². The second-order valence-corrected chi connectivity index (χ2v) is 12.7. The van der Waals surface area contributed by atoms with Crippen LogP contribution in [0, 0.1) is 6.92 Å². The van der Waals surface area contributed by atoms with Crippen LogP contribution in [0.15, 0.2) is 114 Å². The summed E-state index contributed by atoms with van der Waals surface area (Å²) < 4.78 is 3.49. The average Bonchev–Trinajstić information content (AvgIpc) is 3.29. The van der Waals surface area contributed by atoms with Crippen molar-refractivity contribution in [2.24, 2.45) is 0 Å². The number of rotatable bonds is 5. The van der Waals surface area contributed by atoms with Gasteiger partial charge in [-0.15, -0.1) is 0 Å². The molecule has 0 saturated heterocycles. The Labute approximate surface area is 251 Å². The number of fused-ring (bicyclic) bond motifs is 3. The zero-order chi connectivity index (χ0) is 28.6. The van der Waals surface area contributed by atoms with Gasteiger partial charge in [0.05, 0.1) is 11.0 Å². The van der Waals surface area contributed by atoms with Gasteiger partial charge >= 0.3 is 0 Å². The summed E-state index contributed by atoms with van der Waals surface area (Å²) in [7, 11) is 0. The van der Waals surface area contributed by atoms with Gasteiger partial charge in [-0.2, -0.15) is 0 Å². The van der Waals surface area contributed by atoms with Crippen molar-refractivity contribution < 1.29 is 0 Å². The van der Waals surface area contributed by atoms with Crippen molar-refractivity contribution in [1.82, 2.24) is 4.57 Å². The van der Waals surface area contributed by atoms with Crippen LogP contribution in [0.5, 0.6) is 0 Å². The molecule has 0 spiro atoms. The van der Waals surface area contributed by atoms with E-state index in [1.165, 1.54) is 60.9 Å². The molecule has 1 aromatic heterocycles. The molecular formula is C39H34BrN. The molecule has 6 rings (SSSR count). The average molecular weight is 597 g/mol. The molecule has 0 N–H and O–H groups in total. The van der Waals surface area contributed by atoms with Gasteiger partial charge in [0.15, 0.2) is 0 Å². The molecule has 6 aromatic rings. The molecule has 0 radical (unpaired) electrons. The van der Waals surface area contributed by atoms with E-state index in [-0.39, 0.29) is 5.41 Å². The molecule has 0 saturated carbocycles. The number of hydrogen-bond donors (Lipinski definition) is 0. The Hall–Kier alpha value is -4.14. The smallest absolute Gasteiger partial charge is 0.0541 e. The van der Waals surface area contributed by atoms with Crippen LogP contribution in [0.2, 0.25) is 0 Å². The molecule has 1 heterocycles. The predicted octanol–water partition coefficient (Wildman–Crippen LogP) is 11.5. The number of nitrogens with zero attached hydrogens (tertiary/aromatic N) is 1. The number of hydrogen-bond acceptors (Lipinski definition) is 0. The van der Waals surface area contributed by atoms with E-state index in [1.807, 2.05) is 0 Å². The Kier molecular flexibility index (Phi) is 7.28. The van der Waals surface area contributed by atoms with Crippen molar-refractivity contribution in [2.45, 2.75) is 33.1 Å². The Morgan fingerprint density at radius 2 is 0.976 bits per heavy atom. The molecule has 0 aliphatic rings. The topological polar surface area (TPSA) is 4.93 Å². The standard InChI is InChI=1S/C39H34BrN/c1-27-5-7-28(8-6-27)9-11-30-15-23-37-35(25-30)36-26-31(12-10-29-13-19-33(40)20-14-29)16-24-38(36)41(37)34-21-17-32(18-22-34)39(2,3)4/h5-26H,1-4H3/b11-9+,12-10+. The molecule has 0 atom stereocenters. The molecule has 41 heavy (non-hydrogen) atoms. The second-order valence-electron chi connectivity index (χ2n) is 11.8. The first-order valence-electron chi connectivity index (χ1n) is 14.1. The fraction of sp³-hybridized carbons (Fsp3) is 0.128. The van der Waals surface area contributed by atoms with E-state index in [4.69, 9.17) is 0 Å². The summed E-state index contributed by atoms with van der Waals surface area (Å²) in [4.78, 5) is 0. The van der Waals surface area contributed by atoms with Crippen molar-refractivity contribution in [3.8, 4) is 5.69 Å². The summed E-state index contributed by atoms with van der Waals surface area (Å²) in [5, 5.41) is 2.51. The largest absolute Gasteiger partial charge is 0.309 e. The number of aromatic nitrogens is 1. The molecule has 0 unspecified atom stereocenters. The van der Waals surface area contributed by atoms with E-state index in [0.717, 1.165) is 4.47 Å². The summed E-state index contributed by atoms with van der Waals surface area (Å²) in [6.45, 7) is 8.91. The van der Waals surface area contributed by atoms with Crippen LogP contribution in [-0.2, 0) is 5.41 Å². The van der Waals surface area contributed by atoms with E-state index < -0.39 is 0 Å². The quantitative estimate of drug-likeness (QED) is 0.175. The highest BCUT2D eigenvalue weighted by atomic mass is 79.9. The fourth-order valence-corrected chi connectivity index (χ4v) is 5.56. The summed E-state index contributed by atoms with van der Waals surface area (Å²) in [6.07, 6.45) is 8.78. The van der Waals surface area contributed by atoms with Gasteiger partial charge in [0.25, 0.3) is 0 Å². The zero-order valence-electron chi connectivity index (χ0n) is 24.0. The second kappa shape index (κ2) is 11.0. The van der Waals surface area contributed by atoms with Crippen molar-refractivity contribution in [3.05, 3.63) is 147 Å². The maximum absolute atomic E-state index is 3.53. The summed E-state index contributed by atoms with van der Waals surface area (Å²) in [6, 6.07) is 39.7. The highest BCUT2D eigenvalue weighted by Crippen LogP contribution is 2.35. The Balaban J connectivity index is 1.47. The zero-order valence-corrected chi connectivity index (χ0v) is 25.6. The monoisotopic (exact) mass is 595 g/mol. The molecule has 0 amide bonds. The summed E-state index contributed by atoms with van der Waals surface area (Å²) >= 11 is 3.53. The van der Waals surface area contributed by atoms with Gasteiger partial charge in [-0.05, 0) is 88.7 Å². The van der Waals surface area contributed by atoms with Crippen molar-refractivity contribution >= 4 is 62.0 Å². The van der Waals surface area contributed by atoms with E-state index in [0.29, 0.717) is 0 Å². The lowest BCUT2D eigenvalue weighted by molar-refractivity contribution is 0.590. The van der Waals surface area contributed by atoms with Crippen LogP contribution >= 0.6 is 15.9 Å². The minimum atomic E-state index is 0.119. The van der Waals surface area contributed by atoms with Crippen molar-refractivity contribution in [3.63, 3.8) is 0 Å². The number of benzene rings is 5. The molecule has 2 heteroatoms. The third-order valence-electron chi connectivity index (χ3n) is 7.69. The maximum Gasteiger partial charge on any atom is 0.0541 e. The minimum Gasteiger partial charge on any atom is -0.309 e. The minimum absolute atomic E-state index is 0.119. The van der Waals surface area contributed by atoms with Crippen molar-refractivity contribution in [2.75, 3.05) is 0 Å². The lowest BCUT2D eigenvalue weighted by Crippen LogP contribution is -2.10. The Bertz CT molecular complexity index is 1780. The van der Waals surface area contributed by atoms with Crippen LogP contribution in [0.4, 0.5) is 0 Å². The van der Waals surface area contributed by atoms with Crippen LogP contribution in [0.3, 0.4) is 0 Å². The first-order chi connectivity index (χ1) is 19.7. The van der Waals surface area contributed by atoms with E-state index >= 15 is 0 Å². The SMILES string of the molecule is Cc1ccc(/C=C/c2ccc3c(c2)c2cc(/C=C/c4ccc(Br)cc4)ccc2n3-c2ccc(C(C)(C)C)cc2)cc1. The third-order valence-corrected chi connectivity index (χ3v) is 8.22. The lowest BCUT2D eigenvalue weighted by Gasteiger charge is -2.19. The van der Waals surface area contributed by atoms with Crippen molar-refractivity contribution in [1.29, 1.82) is 0 Å². The fourth-order valence-electron chi connectivity index (χ4n) is 5.29. The highest BCUT2D eigenvalue weighted by molar-refractivity contribution is 9.10. The van der Waals surface area contributed by atoms with Gasteiger partial charge in [-0.25, -0.2) is 0 Å². The van der Waals surface area contributed by atoms with Gasteiger partial charge in [0.1, 0.15) is 0 Å². The van der Waals surface area contributed by atoms with E-state index in [1.54, 1.807) is 0 Å². The van der Waals surface area contributed by atoms with Crippen LogP contribution < -0.4 is 0 Å². The number of aryl methyl sites for hydroxylation is 1. The number of halogens is 1. The van der Waals surface area contributed by atoms with Crippen LogP contribution in [0.1, 0.15) is 54.2 Å². The molecular weight excluding hydrogens is 562 g/mol. The first-order valence-corrected chi connectivity index (χ1v) is 14.9. The molecule has 5 aromatic carbocycles. The van der Waals surface area contributed by atoms with E-state index in [9.17, 15) is 0 Å². The first kappa shape index (κ1) is 27.1. The Morgan fingerprint density at radius 3 is 1.46 bits per heavy atom. The molecule has 0 fully saturated rings. The molecule has 202 valence electrons. The highest BCUT2D eigenvalue weighted by Gasteiger charge is 2.16. The van der Waals surface area contributed by atoms with Gasteiger partial charge in [0.2, 0.25) is 0 Å². The molecule has 0 aliphatic heterocycles. The van der Waals surface area contributed by atoms with Crippen LogP contribution in [-0.4, -0.2) is 4.57 Å². The molecule has 0 aliphatic carbocycles. The third kappa shape index (κ3) is 5.85. The lowest BCUT2D eigenvalue weighted by atomic mass is 9.87. The molecule has 1 nitrogen and oxygen atoms in total. The van der Waals surface area contributed by atoms with Gasteiger partial charge in [-0.3, -0.25) is 0 Å².